The maximum atomic E-state index is 5.96. The fourth-order valence-corrected chi connectivity index (χ4v) is 3.80. The Hall–Kier alpha value is -3.59. The van der Waals surface area contributed by atoms with Crippen molar-refractivity contribution in [3.8, 4) is 17.0 Å². The number of methoxy groups -OCH3 is 1. The molecule has 9 heteroatoms. The van der Waals surface area contributed by atoms with Crippen molar-refractivity contribution in [1.82, 2.24) is 29.5 Å². The molecular formula is C22H23N7O2. The number of imidazole rings is 1. The third-order valence-corrected chi connectivity index (χ3v) is 5.27. The van der Waals surface area contributed by atoms with Crippen molar-refractivity contribution in [3.05, 3.63) is 48.9 Å². The van der Waals surface area contributed by atoms with E-state index >= 15 is 0 Å². The van der Waals surface area contributed by atoms with Crippen LogP contribution in [0.5, 0.6) is 5.75 Å². The molecule has 31 heavy (non-hydrogen) atoms. The van der Waals surface area contributed by atoms with Crippen LogP contribution in [0.2, 0.25) is 0 Å². The molecule has 1 aliphatic heterocycles. The van der Waals surface area contributed by atoms with Gasteiger partial charge in [-0.3, -0.25) is 9.55 Å². The Morgan fingerprint density at radius 2 is 2.13 bits per heavy atom. The topological polar surface area (TPSA) is 99.9 Å². The van der Waals surface area contributed by atoms with Gasteiger partial charge >= 0.3 is 0 Å². The van der Waals surface area contributed by atoms with Gasteiger partial charge in [0.05, 0.1) is 31.5 Å². The first-order valence-electron chi connectivity index (χ1n) is 10.3. The molecule has 0 aromatic carbocycles. The van der Waals surface area contributed by atoms with Crippen LogP contribution in [0.1, 0.15) is 31.3 Å². The van der Waals surface area contributed by atoms with E-state index in [1.807, 2.05) is 29.7 Å². The fourth-order valence-electron chi connectivity index (χ4n) is 3.80. The number of aryl methyl sites for hydroxylation is 1. The van der Waals surface area contributed by atoms with Crippen molar-refractivity contribution in [1.29, 1.82) is 0 Å². The van der Waals surface area contributed by atoms with Gasteiger partial charge in [0, 0.05) is 24.4 Å². The number of hydrogen-bond donors (Lipinski definition) is 1. The van der Waals surface area contributed by atoms with Crippen molar-refractivity contribution >= 4 is 22.7 Å². The third kappa shape index (κ3) is 3.79. The predicted octanol–water partition coefficient (Wildman–Crippen LogP) is 4.04. The van der Waals surface area contributed by atoms with E-state index in [4.69, 9.17) is 14.5 Å². The Bertz CT molecular complexity index is 1220. The molecule has 1 unspecified atom stereocenters. The lowest BCUT2D eigenvalue weighted by atomic mass is 10.1. The summed E-state index contributed by atoms with van der Waals surface area (Å²) in [4.78, 5) is 22.8. The van der Waals surface area contributed by atoms with Gasteiger partial charge in [-0.15, -0.1) is 0 Å². The van der Waals surface area contributed by atoms with Crippen molar-refractivity contribution in [2.45, 2.75) is 32.4 Å². The summed E-state index contributed by atoms with van der Waals surface area (Å²) in [6.07, 6.45) is 10.0. The maximum absolute atomic E-state index is 5.96. The van der Waals surface area contributed by atoms with Crippen LogP contribution in [0.25, 0.3) is 22.4 Å². The molecule has 4 aromatic heterocycles. The zero-order valence-corrected chi connectivity index (χ0v) is 17.4. The Labute approximate surface area is 179 Å². The molecule has 0 aliphatic carbocycles. The van der Waals surface area contributed by atoms with E-state index in [1.165, 1.54) is 0 Å². The van der Waals surface area contributed by atoms with Crippen LogP contribution in [0.15, 0.2) is 43.1 Å². The molecule has 4 aromatic rings. The number of anilines is 2. The number of nitrogens with one attached hydrogen (secondary N) is 1. The quantitative estimate of drug-likeness (QED) is 0.519. The summed E-state index contributed by atoms with van der Waals surface area (Å²) in [5.74, 6) is 1.98. The molecule has 1 atom stereocenters. The SMILES string of the molecule is COc1cncc(Nc2ncccc2-c2nc(C)nc3c2ncn3C2CCCCO2)c1. The van der Waals surface area contributed by atoms with Gasteiger partial charge in [-0.1, -0.05) is 0 Å². The van der Waals surface area contributed by atoms with Crippen LogP contribution in [-0.4, -0.2) is 43.2 Å². The van der Waals surface area contributed by atoms with Crippen molar-refractivity contribution in [2.75, 3.05) is 19.0 Å². The molecular weight excluding hydrogens is 394 g/mol. The lowest BCUT2D eigenvalue weighted by Crippen LogP contribution is -2.17. The lowest BCUT2D eigenvalue weighted by Gasteiger charge is -2.23. The molecule has 1 aliphatic rings. The number of aromatic nitrogens is 6. The second-order valence-electron chi connectivity index (χ2n) is 7.40. The minimum atomic E-state index is -0.0461. The monoisotopic (exact) mass is 417 g/mol. The standard InChI is InChI=1S/C22H23N7O2/c1-14-26-19(20-22(27-14)29(13-25-20)18-7-3-4-9-31-18)17-6-5-8-24-21(17)28-15-10-16(30-2)12-23-11-15/h5-6,8,10-13,18H,3-4,7,9H2,1-2H3,(H,24,28). The lowest BCUT2D eigenvalue weighted by molar-refractivity contribution is -0.0298. The molecule has 5 heterocycles. The van der Waals surface area contributed by atoms with Crippen LogP contribution in [0.3, 0.4) is 0 Å². The molecule has 1 N–H and O–H groups in total. The molecule has 0 spiro atoms. The third-order valence-electron chi connectivity index (χ3n) is 5.27. The molecule has 158 valence electrons. The normalized spacial score (nSPS) is 16.4. The van der Waals surface area contributed by atoms with Gasteiger partial charge in [0.25, 0.3) is 0 Å². The van der Waals surface area contributed by atoms with E-state index < -0.39 is 0 Å². The second-order valence-corrected chi connectivity index (χ2v) is 7.40. The average Bonchev–Trinajstić information content (AvgIpc) is 3.23. The highest BCUT2D eigenvalue weighted by Crippen LogP contribution is 2.33. The fraction of sp³-hybridized carbons (Fsp3) is 0.318. The van der Waals surface area contributed by atoms with E-state index in [9.17, 15) is 0 Å². The van der Waals surface area contributed by atoms with Crippen molar-refractivity contribution < 1.29 is 9.47 Å². The number of pyridine rings is 2. The molecule has 5 rings (SSSR count). The number of fused-ring (bicyclic) bond motifs is 1. The van der Waals surface area contributed by atoms with Gasteiger partial charge < -0.3 is 14.8 Å². The molecule has 0 saturated carbocycles. The second kappa shape index (κ2) is 8.27. The van der Waals surface area contributed by atoms with E-state index in [1.54, 1.807) is 32.0 Å². The Morgan fingerprint density at radius 3 is 2.97 bits per heavy atom. The first kappa shape index (κ1) is 19.4. The zero-order chi connectivity index (χ0) is 21.2. The molecule has 0 bridgehead atoms. The average molecular weight is 417 g/mol. The van der Waals surface area contributed by atoms with Gasteiger partial charge in [0.1, 0.15) is 34.8 Å². The summed E-state index contributed by atoms with van der Waals surface area (Å²) in [5.41, 5.74) is 3.81. The number of rotatable bonds is 5. The van der Waals surface area contributed by atoms with E-state index in [2.05, 4.69) is 25.3 Å². The van der Waals surface area contributed by atoms with Gasteiger partial charge in [-0.2, -0.15) is 0 Å². The van der Waals surface area contributed by atoms with E-state index in [0.29, 0.717) is 17.4 Å². The first-order valence-corrected chi connectivity index (χ1v) is 10.3. The van der Waals surface area contributed by atoms with Gasteiger partial charge in [0.2, 0.25) is 0 Å². The van der Waals surface area contributed by atoms with Gasteiger partial charge in [0.15, 0.2) is 5.65 Å². The summed E-state index contributed by atoms with van der Waals surface area (Å²) >= 11 is 0. The summed E-state index contributed by atoms with van der Waals surface area (Å²) in [7, 11) is 1.61. The summed E-state index contributed by atoms with van der Waals surface area (Å²) in [6, 6.07) is 5.72. The zero-order valence-electron chi connectivity index (χ0n) is 17.4. The smallest absolute Gasteiger partial charge is 0.166 e. The number of ether oxygens (including phenoxy) is 2. The van der Waals surface area contributed by atoms with Crippen LogP contribution in [0.4, 0.5) is 11.5 Å². The summed E-state index contributed by atoms with van der Waals surface area (Å²) < 4.78 is 13.2. The first-order chi connectivity index (χ1) is 15.2. The van der Waals surface area contributed by atoms with Crippen LogP contribution < -0.4 is 10.1 Å². The van der Waals surface area contributed by atoms with Gasteiger partial charge in [-0.25, -0.2) is 19.9 Å². The van der Waals surface area contributed by atoms with Crippen LogP contribution in [-0.2, 0) is 4.74 Å². The number of hydrogen-bond acceptors (Lipinski definition) is 8. The maximum Gasteiger partial charge on any atom is 0.166 e. The van der Waals surface area contributed by atoms with Gasteiger partial charge in [-0.05, 0) is 38.3 Å². The Morgan fingerprint density at radius 1 is 1.19 bits per heavy atom. The summed E-state index contributed by atoms with van der Waals surface area (Å²) in [5, 5.41) is 3.33. The molecule has 1 fully saturated rings. The van der Waals surface area contributed by atoms with Crippen LogP contribution in [0, 0.1) is 6.92 Å². The minimum Gasteiger partial charge on any atom is -0.495 e. The van der Waals surface area contributed by atoms with E-state index in [0.717, 1.165) is 54.0 Å². The highest BCUT2D eigenvalue weighted by atomic mass is 16.5. The van der Waals surface area contributed by atoms with Crippen molar-refractivity contribution in [3.63, 3.8) is 0 Å². The summed E-state index contributed by atoms with van der Waals surface area (Å²) in [6.45, 7) is 2.64. The van der Waals surface area contributed by atoms with E-state index in [-0.39, 0.29) is 6.23 Å². The highest BCUT2D eigenvalue weighted by Gasteiger charge is 2.22. The molecule has 0 amide bonds. The minimum absolute atomic E-state index is 0.0461. The van der Waals surface area contributed by atoms with Crippen molar-refractivity contribution in [2.24, 2.45) is 0 Å². The molecule has 9 nitrogen and oxygen atoms in total. The Balaban J connectivity index is 1.59. The molecule has 1 saturated heterocycles. The Kier molecular flexibility index (Phi) is 5.17. The molecule has 0 radical (unpaired) electrons. The van der Waals surface area contributed by atoms with Crippen LogP contribution >= 0.6 is 0 Å². The number of nitrogens with zero attached hydrogens (tertiary/aromatic N) is 6. The predicted molar refractivity (Wildman–Crippen MR) is 116 cm³/mol. The highest BCUT2D eigenvalue weighted by molar-refractivity contribution is 5.91. The largest absolute Gasteiger partial charge is 0.495 e.